The standard InChI is InChI=1S/C15H30N4/c1-5-17(6-2)7-8-18-9-11-19(12-10-18)15(4)13-14(3)16/h13H,3,5-12,16H2,1-2,4H3/b15-13+. The zero-order valence-corrected chi connectivity index (χ0v) is 12.9. The highest BCUT2D eigenvalue weighted by Gasteiger charge is 2.17. The van der Waals surface area contributed by atoms with Crippen molar-refractivity contribution in [2.24, 2.45) is 5.73 Å². The SMILES string of the molecule is C=C(N)/C=C(\C)N1CCN(CCN(CC)CC)CC1. The summed E-state index contributed by atoms with van der Waals surface area (Å²) in [6.07, 6.45) is 1.96. The van der Waals surface area contributed by atoms with Crippen LogP contribution in [0.1, 0.15) is 20.8 Å². The number of nitrogens with two attached hydrogens (primary N) is 1. The number of piperazine rings is 1. The second-order valence-corrected chi connectivity index (χ2v) is 5.22. The van der Waals surface area contributed by atoms with E-state index in [0.717, 1.165) is 39.3 Å². The van der Waals surface area contributed by atoms with Crippen LogP contribution < -0.4 is 5.73 Å². The third kappa shape index (κ3) is 5.66. The Labute approximate surface area is 118 Å². The fraction of sp³-hybridized carbons (Fsp3) is 0.733. The second-order valence-electron chi connectivity index (χ2n) is 5.22. The summed E-state index contributed by atoms with van der Waals surface area (Å²) in [6, 6.07) is 0. The highest BCUT2D eigenvalue weighted by Crippen LogP contribution is 2.09. The lowest BCUT2D eigenvalue weighted by Crippen LogP contribution is -2.47. The fourth-order valence-corrected chi connectivity index (χ4v) is 2.51. The molecule has 0 unspecified atom stereocenters. The molecule has 1 rings (SSSR count). The van der Waals surface area contributed by atoms with Crippen molar-refractivity contribution in [1.29, 1.82) is 0 Å². The Morgan fingerprint density at radius 1 is 1.21 bits per heavy atom. The topological polar surface area (TPSA) is 35.7 Å². The average molecular weight is 266 g/mol. The molecule has 0 amide bonds. The van der Waals surface area contributed by atoms with Crippen molar-refractivity contribution in [3.63, 3.8) is 0 Å². The minimum atomic E-state index is 0.640. The maximum atomic E-state index is 5.63. The Morgan fingerprint density at radius 2 is 1.79 bits per heavy atom. The van der Waals surface area contributed by atoms with Gasteiger partial charge in [0, 0.05) is 50.7 Å². The van der Waals surface area contributed by atoms with Gasteiger partial charge in [-0.1, -0.05) is 20.4 Å². The second kappa shape index (κ2) is 8.23. The van der Waals surface area contributed by atoms with Gasteiger partial charge in [0.2, 0.25) is 0 Å². The van der Waals surface area contributed by atoms with Crippen molar-refractivity contribution in [2.75, 3.05) is 52.4 Å². The smallest absolute Gasteiger partial charge is 0.0303 e. The van der Waals surface area contributed by atoms with Crippen molar-refractivity contribution >= 4 is 0 Å². The maximum absolute atomic E-state index is 5.63. The van der Waals surface area contributed by atoms with E-state index < -0.39 is 0 Å². The highest BCUT2D eigenvalue weighted by molar-refractivity contribution is 5.15. The Morgan fingerprint density at radius 3 is 2.26 bits per heavy atom. The predicted molar refractivity (Wildman–Crippen MR) is 82.9 cm³/mol. The van der Waals surface area contributed by atoms with E-state index in [4.69, 9.17) is 5.73 Å². The van der Waals surface area contributed by atoms with Crippen LogP contribution in [0.3, 0.4) is 0 Å². The summed E-state index contributed by atoms with van der Waals surface area (Å²) >= 11 is 0. The van der Waals surface area contributed by atoms with E-state index in [1.54, 1.807) is 0 Å². The molecule has 4 nitrogen and oxygen atoms in total. The normalized spacial score (nSPS) is 18.1. The highest BCUT2D eigenvalue weighted by atomic mass is 15.3. The lowest BCUT2D eigenvalue weighted by molar-refractivity contribution is 0.141. The number of rotatable bonds is 7. The third-order valence-electron chi connectivity index (χ3n) is 3.89. The van der Waals surface area contributed by atoms with Gasteiger partial charge in [0.05, 0.1) is 0 Å². The number of likely N-dealkylation sites (N-methyl/N-ethyl adjacent to an activating group) is 1. The van der Waals surface area contributed by atoms with Crippen LogP contribution >= 0.6 is 0 Å². The van der Waals surface area contributed by atoms with E-state index in [1.165, 1.54) is 18.8 Å². The molecule has 19 heavy (non-hydrogen) atoms. The van der Waals surface area contributed by atoms with Gasteiger partial charge in [-0.05, 0) is 26.1 Å². The molecule has 1 heterocycles. The molecule has 110 valence electrons. The monoisotopic (exact) mass is 266 g/mol. The van der Waals surface area contributed by atoms with E-state index in [-0.39, 0.29) is 0 Å². The number of allylic oxidation sites excluding steroid dienone is 2. The number of hydrogen-bond donors (Lipinski definition) is 1. The van der Waals surface area contributed by atoms with Gasteiger partial charge >= 0.3 is 0 Å². The fourth-order valence-electron chi connectivity index (χ4n) is 2.51. The van der Waals surface area contributed by atoms with Crippen LogP contribution in [0.15, 0.2) is 24.0 Å². The molecule has 0 aromatic heterocycles. The largest absolute Gasteiger partial charge is 0.399 e. The van der Waals surface area contributed by atoms with Crippen molar-refractivity contribution in [3.05, 3.63) is 24.0 Å². The summed E-state index contributed by atoms with van der Waals surface area (Å²) in [6.45, 7) is 19.4. The van der Waals surface area contributed by atoms with E-state index in [2.05, 4.69) is 42.0 Å². The van der Waals surface area contributed by atoms with Crippen LogP contribution in [0.4, 0.5) is 0 Å². The Bertz CT molecular complexity index is 299. The molecule has 4 heteroatoms. The molecule has 0 saturated carbocycles. The van der Waals surface area contributed by atoms with Crippen LogP contribution in [0.25, 0.3) is 0 Å². The van der Waals surface area contributed by atoms with Crippen LogP contribution in [0.2, 0.25) is 0 Å². The van der Waals surface area contributed by atoms with Gasteiger partial charge in [0.25, 0.3) is 0 Å². The Balaban J connectivity index is 2.31. The first-order valence-corrected chi connectivity index (χ1v) is 7.39. The zero-order valence-electron chi connectivity index (χ0n) is 12.9. The van der Waals surface area contributed by atoms with E-state index in [0.29, 0.717) is 5.70 Å². The van der Waals surface area contributed by atoms with Crippen molar-refractivity contribution < 1.29 is 0 Å². The van der Waals surface area contributed by atoms with Gasteiger partial charge < -0.3 is 15.5 Å². The molecule has 2 N–H and O–H groups in total. The molecular weight excluding hydrogens is 236 g/mol. The van der Waals surface area contributed by atoms with E-state index >= 15 is 0 Å². The van der Waals surface area contributed by atoms with Gasteiger partial charge in [-0.15, -0.1) is 0 Å². The van der Waals surface area contributed by atoms with Crippen molar-refractivity contribution in [3.8, 4) is 0 Å². The molecule has 0 spiro atoms. The Kier molecular flexibility index (Phi) is 6.95. The van der Waals surface area contributed by atoms with Crippen LogP contribution in [0.5, 0.6) is 0 Å². The summed E-state index contributed by atoms with van der Waals surface area (Å²) in [7, 11) is 0. The summed E-state index contributed by atoms with van der Waals surface area (Å²) in [5.74, 6) is 0. The van der Waals surface area contributed by atoms with Gasteiger partial charge in [-0.3, -0.25) is 4.90 Å². The summed E-state index contributed by atoms with van der Waals surface area (Å²) in [4.78, 5) is 7.43. The molecule has 1 fully saturated rings. The van der Waals surface area contributed by atoms with Gasteiger partial charge in [0.15, 0.2) is 0 Å². The van der Waals surface area contributed by atoms with Crippen LogP contribution in [-0.4, -0.2) is 67.1 Å². The molecule has 0 aliphatic carbocycles. The molecule has 1 saturated heterocycles. The van der Waals surface area contributed by atoms with Gasteiger partial charge in [0.1, 0.15) is 0 Å². The molecule has 0 aromatic carbocycles. The van der Waals surface area contributed by atoms with Crippen LogP contribution in [0, 0.1) is 0 Å². The molecule has 1 aliphatic heterocycles. The molecule has 0 atom stereocenters. The predicted octanol–water partition coefficient (Wildman–Crippen LogP) is 1.32. The van der Waals surface area contributed by atoms with Crippen molar-refractivity contribution in [1.82, 2.24) is 14.7 Å². The van der Waals surface area contributed by atoms with Crippen LogP contribution in [-0.2, 0) is 0 Å². The maximum Gasteiger partial charge on any atom is 0.0303 e. The zero-order chi connectivity index (χ0) is 14.3. The summed E-state index contributed by atoms with van der Waals surface area (Å²) in [5, 5.41) is 0. The number of hydrogen-bond acceptors (Lipinski definition) is 4. The summed E-state index contributed by atoms with van der Waals surface area (Å²) in [5.41, 5.74) is 7.50. The molecule has 0 bridgehead atoms. The van der Waals surface area contributed by atoms with Gasteiger partial charge in [-0.2, -0.15) is 0 Å². The molecule has 1 aliphatic rings. The molecule has 0 aromatic rings. The number of nitrogens with zero attached hydrogens (tertiary/aromatic N) is 3. The Hall–Kier alpha value is -1.00. The first-order valence-electron chi connectivity index (χ1n) is 7.39. The first kappa shape index (κ1) is 16.1. The summed E-state index contributed by atoms with van der Waals surface area (Å²) < 4.78 is 0. The minimum absolute atomic E-state index is 0.640. The lowest BCUT2D eigenvalue weighted by atomic mass is 10.2. The average Bonchev–Trinajstić information content (AvgIpc) is 2.39. The van der Waals surface area contributed by atoms with Crippen molar-refractivity contribution in [2.45, 2.75) is 20.8 Å². The minimum Gasteiger partial charge on any atom is -0.399 e. The van der Waals surface area contributed by atoms with E-state index in [9.17, 15) is 0 Å². The lowest BCUT2D eigenvalue weighted by Gasteiger charge is -2.37. The molecule has 0 radical (unpaired) electrons. The quantitative estimate of drug-likeness (QED) is 0.705. The van der Waals surface area contributed by atoms with E-state index in [1.807, 2.05) is 6.08 Å². The third-order valence-corrected chi connectivity index (χ3v) is 3.89. The first-order chi connectivity index (χ1) is 9.06. The molecular formula is C15H30N4. The van der Waals surface area contributed by atoms with Gasteiger partial charge in [-0.25, -0.2) is 0 Å².